The SMILES string of the molecule is CCOC(=O)C(N)C(=O)N1CCCO1. The molecule has 6 heteroatoms. The molecule has 1 fully saturated rings. The van der Waals surface area contributed by atoms with Crippen molar-refractivity contribution in [3.63, 3.8) is 0 Å². The van der Waals surface area contributed by atoms with E-state index >= 15 is 0 Å². The lowest BCUT2D eigenvalue weighted by Crippen LogP contribution is -2.47. The van der Waals surface area contributed by atoms with Crippen LogP contribution in [0.15, 0.2) is 0 Å². The van der Waals surface area contributed by atoms with Crippen molar-refractivity contribution in [3.05, 3.63) is 0 Å². The second-order valence-corrected chi connectivity index (χ2v) is 2.86. The molecule has 1 amide bonds. The number of hydrogen-bond donors (Lipinski definition) is 1. The van der Waals surface area contributed by atoms with Gasteiger partial charge in [0, 0.05) is 0 Å². The van der Waals surface area contributed by atoms with Crippen molar-refractivity contribution < 1.29 is 19.2 Å². The van der Waals surface area contributed by atoms with E-state index in [1.54, 1.807) is 6.92 Å². The number of nitrogens with two attached hydrogens (primary N) is 1. The minimum absolute atomic E-state index is 0.209. The average Bonchev–Trinajstić information content (AvgIpc) is 2.68. The molecule has 1 saturated heterocycles. The quantitative estimate of drug-likeness (QED) is 0.471. The summed E-state index contributed by atoms with van der Waals surface area (Å²) in [5.74, 6) is -1.26. The van der Waals surface area contributed by atoms with Crippen molar-refractivity contribution in [2.24, 2.45) is 5.73 Å². The largest absolute Gasteiger partial charge is 0.464 e. The number of esters is 1. The van der Waals surface area contributed by atoms with Gasteiger partial charge in [-0.05, 0) is 13.3 Å². The zero-order valence-corrected chi connectivity index (χ0v) is 8.06. The van der Waals surface area contributed by atoms with Crippen molar-refractivity contribution in [3.8, 4) is 0 Å². The van der Waals surface area contributed by atoms with Crippen LogP contribution in [0, 0.1) is 0 Å². The Morgan fingerprint density at radius 1 is 1.64 bits per heavy atom. The summed E-state index contributed by atoms with van der Waals surface area (Å²) in [6.07, 6.45) is 0.765. The highest BCUT2D eigenvalue weighted by Gasteiger charge is 2.30. The Morgan fingerprint density at radius 3 is 2.86 bits per heavy atom. The van der Waals surface area contributed by atoms with Gasteiger partial charge in [0.05, 0.1) is 19.8 Å². The molecule has 0 radical (unpaired) electrons. The van der Waals surface area contributed by atoms with Crippen LogP contribution in [0.2, 0.25) is 0 Å². The first-order valence-corrected chi connectivity index (χ1v) is 4.53. The number of nitrogens with zero attached hydrogens (tertiary/aromatic N) is 1. The zero-order chi connectivity index (χ0) is 10.6. The van der Waals surface area contributed by atoms with Crippen LogP contribution in [0.1, 0.15) is 13.3 Å². The van der Waals surface area contributed by atoms with E-state index in [1.807, 2.05) is 0 Å². The number of amides is 1. The van der Waals surface area contributed by atoms with E-state index in [2.05, 4.69) is 4.74 Å². The van der Waals surface area contributed by atoms with Gasteiger partial charge in [0.25, 0.3) is 5.91 Å². The van der Waals surface area contributed by atoms with E-state index < -0.39 is 17.9 Å². The summed E-state index contributed by atoms with van der Waals surface area (Å²) < 4.78 is 4.62. The fraction of sp³-hybridized carbons (Fsp3) is 0.750. The molecule has 1 rings (SSSR count). The number of hydrogen-bond acceptors (Lipinski definition) is 5. The fourth-order valence-corrected chi connectivity index (χ4v) is 1.11. The predicted octanol–water partition coefficient (Wildman–Crippen LogP) is -0.959. The summed E-state index contributed by atoms with van der Waals surface area (Å²) in [7, 11) is 0. The minimum Gasteiger partial charge on any atom is -0.464 e. The molecule has 2 N–H and O–H groups in total. The maximum atomic E-state index is 11.4. The first-order chi connectivity index (χ1) is 6.66. The fourth-order valence-electron chi connectivity index (χ4n) is 1.11. The molecule has 0 aromatic rings. The molecule has 1 atom stereocenters. The molecule has 1 unspecified atom stereocenters. The lowest BCUT2D eigenvalue weighted by atomic mass is 10.3. The molecule has 0 aromatic carbocycles. The Kier molecular flexibility index (Phi) is 3.84. The van der Waals surface area contributed by atoms with E-state index in [9.17, 15) is 9.59 Å². The first-order valence-electron chi connectivity index (χ1n) is 4.53. The highest BCUT2D eigenvalue weighted by molar-refractivity contribution is 6.01. The summed E-state index contributed by atoms with van der Waals surface area (Å²) >= 11 is 0. The molecule has 0 aromatic heterocycles. The van der Waals surface area contributed by atoms with Gasteiger partial charge in [-0.3, -0.25) is 9.63 Å². The maximum Gasteiger partial charge on any atom is 0.332 e. The molecule has 0 saturated carbocycles. The molecular weight excluding hydrogens is 188 g/mol. The molecule has 1 heterocycles. The second kappa shape index (κ2) is 4.92. The van der Waals surface area contributed by atoms with Gasteiger partial charge in [0.15, 0.2) is 6.04 Å². The van der Waals surface area contributed by atoms with Crippen LogP contribution in [-0.4, -0.2) is 42.7 Å². The number of ether oxygens (including phenoxy) is 1. The van der Waals surface area contributed by atoms with Crippen LogP contribution >= 0.6 is 0 Å². The second-order valence-electron chi connectivity index (χ2n) is 2.86. The van der Waals surface area contributed by atoms with E-state index in [1.165, 1.54) is 0 Å². The Hall–Kier alpha value is -1.14. The Bertz CT molecular complexity index is 225. The van der Waals surface area contributed by atoms with Crippen LogP contribution in [0.3, 0.4) is 0 Å². The third-order valence-electron chi connectivity index (χ3n) is 1.81. The van der Waals surface area contributed by atoms with E-state index in [4.69, 9.17) is 10.6 Å². The van der Waals surface area contributed by atoms with E-state index in [-0.39, 0.29) is 6.61 Å². The summed E-state index contributed by atoms with van der Waals surface area (Å²) in [5.41, 5.74) is 5.38. The highest BCUT2D eigenvalue weighted by atomic mass is 16.7. The van der Waals surface area contributed by atoms with Gasteiger partial charge in [0.2, 0.25) is 0 Å². The lowest BCUT2D eigenvalue weighted by Gasteiger charge is -2.17. The third-order valence-corrected chi connectivity index (χ3v) is 1.81. The van der Waals surface area contributed by atoms with E-state index in [0.29, 0.717) is 13.2 Å². The number of hydroxylamine groups is 2. The summed E-state index contributed by atoms with van der Waals surface area (Å²) in [4.78, 5) is 27.5. The van der Waals surface area contributed by atoms with Crippen LogP contribution in [0.5, 0.6) is 0 Å². The summed E-state index contributed by atoms with van der Waals surface area (Å²) in [5, 5.41) is 1.11. The Morgan fingerprint density at radius 2 is 2.36 bits per heavy atom. The molecule has 6 nitrogen and oxygen atoms in total. The number of carbonyl (C=O) groups excluding carboxylic acids is 2. The number of rotatable bonds is 3. The van der Waals surface area contributed by atoms with Gasteiger partial charge in [0.1, 0.15) is 0 Å². The van der Waals surface area contributed by atoms with Crippen molar-refractivity contribution in [1.82, 2.24) is 5.06 Å². The van der Waals surface area contributed by atoms with Crippen molar-refractivity contribution in [1.29, 1.82) is 0 Å². The van der Waals surface area contributed by atoms with Crippen molar-refractivity contribution in [2.75, 3.05) is 19.8 Å². The third kappa shape index (κ3) is 2.43. The van der Waals surface area contributed by atoms with Crippen molar-refractivity contribution >= 4 is 11.9 Å². The Balaban J connectivity index is 2.46. The van der Waals surface area contributed by atoms with Gasteiger partial charge in [-0.15, -0.1) is 0 Å². The molecule has 1 aliphatic rings. The Labute approximate surface area is 81.9 Å². The summed E-state index contributed by atoms with van der Waals surface area (Å²) in [6, 6.07) is -1.27. The molecular formula is C8H14N2O4. The van der Waals surface area contributed by atoms with Crippen LogP contribution < -0.4 is 5.73 Å². The van der Waals surface area contributed by atoms with Gasteiger partial charge in [-0.2, -0.15) is 0 Å². The molecule has 0 aliphatic carbocycles. The van der Waals surface area contributed by atoms with Gasteiger partial charge in [-0.1, -0.05) is 0 Å². The minimum atomic E-state index is -1.27. The van der Waals surface area contributed by atoms with Gasteiger partial charge >= 0.3 is 5.97 Å². The predicted molar refractivity (Wildman–Crippen MR) is 46.9 cm³/mol. The maximum absolute atomic E-state index is 11.4. The van der Waals surface area contributed by atoms with Gasteiger partial charge in [-0.25, -0.2) is 9.86 Å². The van der Waals surface area contributed by atoms with Crippen molar-refractivity contribution in [2.45, 2.75) is 19.4 Å². The first kappa shape index (κ1) is 10.9. The summed E-state index contributed by atoms with van der Waals surface area (Å²) in [6.45, 7) is 2.83. The lowest BCUT2D eigenvalue weighted by molar-refractivity contribution is -0.174. The van der Waals surface area contributed by atoms with Crippen LogP contribution in [0.4, 0.5) is 0 Å². The van der Waals surface area contributed by atoms with E-state index in [0.717, 1.165) is 11.5 Å². The molecule has 80 valence electrons. The molecule has 1 aliphatic heterocycles. The highest BCUT2D eigenvalue weighted by Crippen LogP contribution is 2.06. The topological polar surface area (TPSA) is 81.9 Å². The average molecular weight is 202 g/mol. The van der Waals surface area contributed by atoms with Crippen LogP contribution in [-0.2, 0) is 19.2 Å². The molecule has 14 heavy (non-hydrogen) atoms. The standard InChI is InChI=1S/C8H14N2O4/c1-2-13-8(12)6(9)7(11)10-4-3-5-14-10/h6H,2-5,9H2,1H3. The normalized spacial score (nSPS) is 18.0. The monoisotopic (exact) mass is 202 g/mol. The smallest absolute Gasteiger partial charge is 0.332 e. The van der Waals surface area contributed by atoms with Gasteiger partial charge < -0.3 is 10.5 Å². The van der Waals surface area contributed by atoms with Crippen LogP contribution in [0.25, 0.3) is 0 Å². The number of carbonyl (C=O) groups is 2. The molecule has 0 bridgehead atoms. The molecule has 0 spiro atoms. The zero-order valence-electron chi connectivity index (χ0n) is 8.06.